The molecule has 1 N–H and O–H groups in total. The lowest BCUT2D eigenvalue weighted by Gasteiger charge is -2.32. The van der Waals surface area contributed by atoms with Crippen molar-refractivity contribution in [1.29, 1.82) is 0 Å². The number of nitrogens with one attached hydrogen (secondary N) is 1. The van der Waals surface area contributed by atoms with Crippen LogP contribution in [0.1, 0.15) is 48.4 Å². The van der Waals surface area contributed by atoms with Crippen molar-refractivity contribution in [3.8, 4) is 0 Å². The van der Waals surface area contributed by atoms with Gasteiger partial charge in [-0.3, -0.25) is 13.9 Å². The summed E-state index contributed by atoms with van der Waals surface area (Å²) in [5.41, 5.74) is 4.50. The summed E-state index contributed by atoms with van der Waals surface area (Å²) in [5, 5.41) is 2.98. The van der Waals surface area contributed by atoms with E-state index in [2.05, 4.69) is 21.2 Å². The number of benzene rings is 3. The number of amides is 2. The second-order valence-electron chi connectivity index (χ2n) is 10.4. The Morgan fingerprint density at radius 2 is 1.61 bits per heavy atom. The molecule has 0 aliphatic rings. The van der Waals surface area contributed by atoms with Gasteiger partial charge in [-0.2, -0.15) is 0 Å². The largest absolute Gasteiger partial charge is 0.354 e. The number of halogens is 1. The molecule has 0 aromatic heterocycles. The van der Waals surface area contributed by atoms with Gasteiger partial charge in [0.25, 0.3) is 0 Å². The van der Waals surface area contributed by atoms with Gasteiger partial charge < -0.3 is 10.2 Å². The van der Waals surface area contributed by atoms with Crippen molar-refractivity contribution < 1.29 is 18.0 Å². The molecular formula is C32H40BrN3O4S. The highest BCUT2D eigenvalue weighted by molar-refractivity contribution is 9.10. The van der Waals surface area contributed by atoms with Crippen LogP contribution in [0.2, 0.25) is 0 Å². The van der Waals surface area contributed by atoms with Crippen LogP contribution in [0.5, 0.6) is 0 Å². The van der Waals surface area contributed by atoms with Crippen molar-refractivity contribution >= 4 is 43.5 Å². The molecule has 2 amide bonds. The molecule has 3 rings (SSSR count). The van der Waals surface area contributed by atoms with E-state index in [1.807, 2.05) is 87.5 Å². The number of sulfonamides is 1. The van der Waals surface area contributed by atoms with Gasteiger partial charge in [0.2, 0.25) is 21.8 Å². The summed E-state index contributed by atoms with van der Waals surface area (Å²) in [5.74, 6) is -0.400. The van der Waals surface area contributed by atoms with Crippen LogP contribution in [0.4, 0.5) is 5.69 Å². The molecule has 0 fully saturated rings. The first-order chi connectivity index (χ1) is 19.5. The Labute approximate surface area is 253 Å². The summed E-state index contributed by atoms with van der Waals surface area (Å²) in [6, 6.07) is 22.2. The number of anilines is 1. The predicted octanol–water partition coefficient (Wildman–Crippen LogP) is 5.78. The number of hydrogen-bond acceptors (Lipinski definition) is 4. The Bertz CT molecular complexity index is 1410. The van der Waals surface area contributed by atoms with E-state index in [9.17, 15) is 18.0 Å². The van der Waals surface area contributed by atoms with E-state index in [1.54, 1.807) is 11.0 Å². The maximum absolute atomic E-state index is 13.9. The van der Waals surface area contributed by atoms with Crippen LogP contribution in [0.3, 0.4) is 0 Å². The third-order valence-corrected chi connectivity index (χ3v) is 8.74. The maximum atomic E-state index is 13.9. The van der Waals surface area contributed by atoms with Gasteiger partial charge in [0.05, 0.1) is 11.9 Å². The molecule has 0 aliphatic carbocycles. The van der Waals surface area contributed by atoms with Gasteiger partial charge in [-0.25, -0.2) is 8.42 Å². The van der Waals surface area contributed by atoms with E-state index >= 15 is 0 Å². The summed E-state index contributed by atoms with van der Waals surface area (Å²) in [6.45, 7) is 6.84. The lowest BCUT2D eigenvalue weighted by atomic mass is 10.0. The highest BCUT2D eigenvalue weighted by atomic mass is 79.9. The van der Waals surface area contributed by atoms with Crippen LogP contribution in [-0.2, 0) is 32.6 Å². The molecular weight excluding hydrogens is 602 g/mol. The summed E-state index contributed by atoms with van der Waals surface area (Å²) < 4.78 is 27.6. The normalized spacial score (nSPS) is 12.0. The number of nitrogens with zero attached hydrogens (tertiary/aromatic N) is 2. The summed E-state index contributed by atoms with van der Waals surface area (Å²) in [7, 11) is -3.56. The molecule has 0 unspecified atom stereocenters. The fourth-order valence-electron chi connectivity index (χ4n) is 4.59. The van der Waals surface area contributed by atoms with Gasteiger partial charge in [-0.15, -0.1) is 0 Å². The van der Waals surface area contributed by atoms with Gasteiger partial charge in [0, 0.05) is 36.9 Å². The molecule has 0 saturated heterocycles. The Balaban J connectivity index is 1.87. The van der Waals surface area contributed by atoms with E-state index in [4.69, 9.17) is 0 Å². The van der Waals surface area contributed by atoms with Crippen LogP contribution in [0.15, 0.2) is 77.3 Å². The molecule has 220 valence electrons. The molecule has 41 heavy (non-hydrogen) atoms. The lowest BCUT2D eigenvalue weighted by molar-refractivity contribution is -0.141. The SMILES string of the molecule is CCCNC(=O)[C@@H](Cc1ccccc1)N(Cc1ccc(Br)cc1)C(=O)CCCN(c1ccc(C)c(C)c1)S(C)(=O)=O. The number of hydrogen-bond donors (Lipinski definition) is 1. The second kappa shape index (κ2) is 15.2. The Morgan fingerprint density at radius 3 is 2.22 bits per heavy atom. The first-order valence-corrected chi connectivity index (χ1v) is 16.5. The highest BCUT2D eigenvalue weighted by Crippen LogP contribution is 2.23. The average Bonchev–Trinajstić information content (AvgIpc) is 2.94. The first-order valence-electron chi connectivity index (χ1n) is 13.9. The van der Waals surface area contributed by atoms with Crippen LogP contribution < -0.4 is 9.62 Å². The fraction of sp³-hybridized carbons (Fsp3) is 0.375. The number of carbonyl (C=O) groups is 2. The van der Waals surface area contributed by atoms with Gasteiger partial charge in [-0.1, -0.05) is 71.4 Å². The number of rotatable bonds is 14. The van der Waals surface area contributed by atoms with Crippen molar-refractivity contribution in [1.82, 2.24) is 10.2 Å². The minimum absolute atomic E-state index is 0.0970. The summed E-state index contributed by atoms with van der Waals surface area (Å²) >= 11 is 3.46. The minimum Gasteiger partial charge on any atom is -0.354 e. The Hall–Kier alpha value is -3.17. The quantitative estimate of drug-likeness (QED) is 0.242. The smallest absolute Gasteiger partial charge is 0.243 e. The van der Waals surface area contributed by atoms with Crippen LogP contribution in [0.25, 0.3) is 0 Å². The average molecular weight is 643 g/mol. The van der Waals surface area contributed by atoms with Gasteiger partial charge in [0.15, 0.2) is 0 Å². The lowest BCUT2D eigenvalue weighted by Crippen LogP contribution is -2.50. The topological polar surface area (TPSA) is 86.8 Å². The van der Waals surface area contributed by atoms with Crippen LogP contribution in [-0.4, -0.2) is 50.5 Å². The monoisotopic (exact) mass is 641 g/mol. The van der Waals surface area contributed by atoms with E-state index < -0.39 is 16.1 Å². The molecule has 3 aromatic rings. The predicted molar refractivity (Wildman–Crippen MR) is 169 cm³/mol. The van der Waals surface area contributed by atoms with E-state index in [0.717, 1.165) is 33.1 Å². The van der Waals surface area contributed by atoms with E-state index in [-0.39, 0.29) is 31.3 Å². The molecule has 1 atom stereocenters. The molecule has 0 spiro atoms. The van der Waals surface area contributed by atoms with Gasteiger partial charge >= 0.3 is 0 Å². The van der Waals surface area contributed by atoms with Crippen molar-refractivity contribution in [2.75, 3.05) is 23.7 Å². The molecule has 7 nitrogen and oxygen atoms in total. The number of carbonyl (C=O) groups excluding carboxylic acids is 2. The molecule has 0 saturated carbocycles. The van der Waals surface area contributed by atoms with Gasteiger partial charge in [0.1, 0.15) is 6.04 Å². The molecule has 0 heterocycles. The van der Waals surface area contributed by atoms with Gasteiger partial charge in [-0.05, 0) is 73.2 Å². The molecule has 0 aliphatic heterocycles. The third-order valence-electron chi connectivity index (χ3n) is 7.02. The zero-order valence-corrected chi connectivity index (χ0v) is 26.7. The fourth-order valence-corrected chi connectivity index (χ4v) is 5.81. The highest BCUT2D eigenvalue weighted by Gasteiger charge is 2.30. The van der Waals surface area contributed by atoms with Crippen LogP contribution in [0, 0.1) is 13.8 Å². The standard InChI is InChI=1S/C32H40BrN3O4S/c1-5-19-34-32(38)30(22-26-10-7-6-8-11-26)35(23-27-14-16-28(33)17-15-27)31(37)12-9-20-36(41(4,39)40)29-18-13-24(2)25(3)21-29/h6-8,10-11,13-18,21,30H,5,9,12,19-20,22-23H2,1-4H3,(H,34,38)/t30-/m1/s1. The van der Waals surface area contributed by atoms with E-state index in [1.165, 1.54) is 10.6 Å². The Morgan fingerprint density at radius 1 is 0.927 bits per heavy atom. The Kier molecular flexibility index (Phi) is 12.0. The zero-order valence-electron chi connectivity index (χ0n) is 24.3. The van der Waals surface area contributed by atoms with Crippen LogP contribution >= 0.6 is 15.9 Å². The van der Waals surface area contributed by atoms with Crippen molar-refractivity contribution in [2.24, 2.45) is 0 Å². The zero-order chi connectivity index (χ0) is 30.0. The summed E-state index contributed by atoms with van der Waals surface area (Å²) in [6.07, 6.45) is 2.74. The first kappa shape index (κ1) is 32.3. The minimum atomic E-state index is -3.56. The molecule has 0 bridgehead atoms. The molecule has 9 heteroatoms. The maximum Gasteiger partial charge on any atom is 0.243 e. The third kappa shape index (κ3) is 9.71. The van der Waals surface area contributed by atoms with Crippen molar-refractivity contribution in [3.05, 3.63) is 99.5 Å². The number of aryl methyl sites for hydroxylation is 2. The molecule has 3 aromatic carbocycles. The summed E-state index contributed by atoms with van der Waals surface area (Å²) in [4.78, 5) is 29.0. The molecule has 0 radical (unpaired) electrons. The van der Waals surface area contributed by atoms with Crippen molar-refractivity contribution in [2.45, 2.75) is 59.0 Å². The van der Waals surface area contributed by atoms with Crippen molar-refractivity contribution in [3.63, 3.8) is 0 Å². The van der Waals surface area contributed by atoms with E-state index in [0.29, 0.717) is 25.1 Å². The second-order valence-corrected chi connectivity index (χ2v) is 13.2.